The van der Waals surface area contributed by atoms with Crippen LogP contribution in [0.15, 0.2) is 83.8 Å². The molecule has 196 valence electrons. The van der Waals surface area contributed by atoms with Gasteiger partial charge in [-0.05, 0) is 74.5 Å². The van der Waals surface area contributed by atoms with Crippen LogP contribution in [0.2, 0.25) is 0 Å². The molecule has 0 unspecified atom stereocenters. The number of anilines is 1. The van der Waals surface area contributed by atoms with E-state index in [2.05, 4.69) is 20.7 Å². The second kappa shape index (κ2) is 13.1. The molecule has 0 atom stereocenters. The Morgan fingerprint density at radius 3 is 2.24 bits per heavy atom. The number of amides is 2. The van der Waals surface area contributed by atoms with Gasteiger partial charge in [0.25, 0.3) is 15.9 Å². The second-order valence-corrected chi connectivity index (χ2v) is 10.00. The third kappa shape index (κ3) is 7.94. The summed E-state index contributed by atoms with van der Waals surface area (Å²) in [4.78, 5) is 24.5. The summed E-state index contributed by atoms with van der Waals surface area (Å²) in [5.74, 6) is 0.207. The Bertz CT molecular complexity index is 1300. The molecule has 37 heavy (non-hydrogen) atoms. The number of para-hydroxylation sites is 3. The summed E-state index contributed by atoms with van der Waals surface area (Å²) in [6.07, 6.45) is 1.71. The van der Waals surface area contributed by atoms with Gasteiger partial charge in [0, 0.05) is 11.6 Å². The van der Waals surface area contributed by atoms with E-state index in [1.54, 1.807) is 36.4 Å². The van der Waals surface area contributed by atoms with E-state index < -0.39 is 15.9 Å². The Morgan fingerprint density at radius 2 is 1.54 bits per heavy atom. The van der Waals surface area contributed by atoms with Gasteiger partial charge >= 0.3 is 0 Å². The van der Waals surface area contributed by atoms with Crippen LogP contribution in [0.5, 0.6) is 11.5 Å². The van der Waals surface area contributed by atoms with Crippen LogP contribution in [0, 0.1) is 0 Å². The fraction of sp³-hybridized carbons (Fsp3) is 0.231. The van der Waals surface area contributed by atoms with Crippen molar-refractivity contribution < 1.29 is 22.7 Å². The van der Waals surface area contributed by atoms with E-state index in [-0.39, 0.29) is 47.0 Å². The number of hydrogen-bond donors (Lipinski definition) is 4. The molecule has 1 aliphatic heterocycles. The zero-order valence-electron chi connectivity index (χ0n) is 20.0. The Morgan fingerprint density at radius 1 is 0.892 bits per heavy atom. The molecule has 2 amide bonds. The van der Waals surface area contributed by atoms with Gasteiger partial charge in [0.1, 0.15) is 5.75 Å². The number of sulfonamides is 1. The maximum absolute atomic E-state index is 13.0. The molecule has 0 spiro atoms. The van der Waals surface area contributed by atoms with Crippen LogP contribution < -0.4 is 25.4 Å². The molecule has 11 heteroatoms. The predicted molar refractivity (Wildman–Crippen MR) is 144 cm³/mol. The van der Waals surface area contributed by atoms with E-state index >= 15 is 0 Å². The lowest BCUT2D eigenvalue weighted by Crippen LogP contribution is -2.46. The zero-order chi connectivity index (χ0) is 25.4. The molecule has 0 saturated carbocycles. The topological polar surface area (TPSA) is 126 Å². The number of benzene rings is 3. The summed E-state index contributed by atoms with van der Waals surface area (Å²) >= 11 is 0. The lowest BCUT2D eigenvalue weighted by atomic mass is 10.1. The average molecular weight is 545 g/mol. The first kappa shape index (κ1) is 28.0. The van der Waals surface area contributed by atoms with Crippen LogP contribution in [-0.4, -0.2) is 45.9 Å². The summed E-state index contributed by atoms with van der Waals surface area (Å²) in [5.41, 5.74) is 0.527. The second-order valence-electron chi connectivity index (χ2n) is 8.32. The van der Waals surface area contributed by atoms with Crippen molar-refractivity contribution >= 4 is 39.9 Å². The molecule has 4 N–H and O–H groups in total. The van der Waals surface area contributed by atoms with Gasteiger partial charge in [0.2, 0.25) is 5.91 Å². The molecule has 1 aliphatic rings. The fourth-order valence-corrected chi connectivity index (χ4v) is 4.82. The zero-order valence-corrected chi connectivity index (χ0v) is 21.6. The SMILES string of the molecule is Cl.O=C(CNC(=O)c1ccc(S(=O)(=O)Nc2ccccc2Oc2ccccc2)cc1)NC1CCNCC1. The molecule has 3 aromatic rings. The van der Waals surface area contributed by atoms with Crippen LogP contribution >= 0.6 is 12.4 Å². The van der Waals surface area contributed by atoms with Gasteiger partial charge in [-0.15, -0.1) is 12.4 Å². The maximum Gasteiger partial charge on any atom is 0.262 e. The lowest BCUT2D eigenvalue weighted by Gasteiger charge is -2.23. The van der Waals surface area contributed by atoms with Gasteiger partial charge < -0.3 is 20.7 Å². The molecule has 1 fully saturated rings. The van der Waals surface area contributed by atoms with Crippen molar-refractivity contribution in [3.8, 4) is 11.5 Å². The van der Waals surface area contributed by atoms with E-state index in [9.17, 15) is 18.0 Å². The number of halogens is 1. The number of nitrogens with one attached hydrogen (secondary N) is 4. The predicted octanol–water partition coefficient (Wildman–Crippen LogP) is 3.30. The van der Waals surface area contributed by atoms with E-state index in [0.717, 1.165) is 25.9 Å². The van der Waals surface area contributed by atoms with Gasteiger partial charge in [0.05, 0.1) is 17.1 Å². The Kier molecular flexibility index (Phi) is 9.90. The summed E-state index contributed by atoms with van der Waals surface area (Å²) in [7, 11) is -3.94. The van der Waals surface area contributed by atoms with E-state index in [1.165, 1.54) is 24.3 Å². The monoisotopic (exact) mass is 544 g/mol. The first-order valence-corrected chi connectivity index (χ1v) is 13.1. The molecule has 9 nitrogen and oxygen atoms in total. The van der Waals surface area contributed by atoms with E-state index in [0.29, 0.717) is 11.5 Å². The quantitative estimate of drug-likeness (QED) is 0.327. The molecule has 3 aromatic carbocycles. The Balaban J connectivity index is 0.00000380. The summed E-state index contributed by atoms with van der Waals surface area (Å²) in [6.45, 7) is 1.56. The third-order valence-corrected chi connectivity index (χ3v) is 7.02. The van der Waals surface area contributed by atoms with Crippen LogP contribution in [0.4, 0.5) is 5.69 Å². The molecule has 1 saturated heterocycles. The lowest BCUT2D eigenvalue weighted by molar-refractivity contribution is -0.121. The number of carbonyl (C=O) groups is 2. The summed E-state index contributed by atoms with van der Waals surface area (Å²) in [5, 5.41) is 8.70. The van der Waals surface area contributed by atoms with Crippen molar-refractivity contribution in [1.29, 1.82) is 0 Å². The average Bonchev–Trinajstić information content (AvgIpc) is 2.89. The van der Waals surface area contributed by atoms with Crippen molar-refractivity contribution in [1.82, 2.24) is 16.0 Å². The van der Waals surface area contributed by atoms with Crippen molar-refractivity contribution in [2.75, 3.05) is 24.4 Å². The van der Waals surface area contributed by atoms with Crippen molar-refractivity contribution in [3.05, 3.63) is 84.4 Å². The van der Waals surface area contributed by atoms with Crippen LogP contribution in [0.25, 0.3) is 0 Å². The number of rotatable bonds is 9. The third-order valence-electron chi connectivity index (χ3n) is 5.64. The molecular formula is C26H29ClN4O5S. The number of hydrogen-bond acceptors (Lipinski definition) is 6. The molecule has 0 radical (unpaired) electrons. The van der Waals surface area contributed by atoms with E-state index in [4.69, 9.17) is 4.74 Å². The molecule has 1 heterocycles. The Labute approximate surface area is 222 Å². The maximum atomic E-state index is 13.0. The summed E-state index contributed by atoms with van der Waals surface area (Å²) < 4.78 is 34.3. The minimum Gasteiger partial charge on any atom is -0.455 e. The van der Waals surface area contributed by atoms with Crippen molar-refractivity contribution in [2.24, 2.45) is 0 Å². The van der Waals surface area contributed by atoms with Gasteiger partial charge in [-0.3, -0.25) is 14.3 Å². The molecule has 0 aliphatic carbocycles. The van der Waals surface area contributed by atoms with Crippen LogP contribution in [0.3, 0.4) is 0 Å². The number of carbonyl (C=O) groups excluding carboxylic acids is 2. The number of ether oxygens (including phenoxy) is 1. The fourth-order valence-electron chi connectivity index (χ4n) is 3.75. The number of piperidine rings is 1. The molecule has 0 bridgehead atoms. The smallest absolute Gasteiger partial charge is 0.262 e. The van der Waals surface area contributed by atoms with Gasteiger partial charge in [-0.25, -0.2) is 8.42 Å². The highest BCUT2D eigenvalue weighted by atomic mass is 35.5. The molecule has 4 rings (SSSR count). The van der Waals surface area contributed by atoms with Gasteiger partial charge in [0.15, 0.2) is 5.75 Å². The van der Waals surface area contributed by atoms with Gasteiger partial charge in [-0.2, -0.15) is 0 Å². The normalized spacial score (nSPS) is 13.6. The highest BCUT2D eigenvalue weighted by molar-refractivity contribution is 7.92. The molecular weight excluding hydrogens is 516 g/mol. The van der Waals surface area contributed by atoms with Crippen LogP contribution in [0.1, 0.15) is 23.2 Å². The Hall–Kier alpha value is -3.60. The van der Waals surface area contributed by atoms with E-state index in [1.807, 2.05) is 18.2 Å². The standard InChI is InChI=1S/C26H28N4O5S.ClH/c31-25(29-20-14-16-27-17-15-20)18-28-26(32)19-10-12-22(13-11-19)36(33,34)30-23-8-4-5-9-24(23)35-21-6-2-1-3-7-21;/h1-13,20,27,30H,14-18H2,(H,28,32)(H,29,31);1H. The highest BCUT2D eigenvalue weighted by Crippen LogP contribution is 2.30. The van der Waals surface area contributed by atoms with Crippen molar-refractivity contribution in [3.63, 3.8) is 0 Å². The summed E-state index contributed by atoms with van der Waals surface area (Å²) in [6, 6.07) is 21.3. The first-order valence-electron chi connectivity index (χ1n) is 11.6. The minimum atomic E-state index is -3.94. The first-order chi connectivity index (χ1) is 17.4. The highest BCUT2D eigenvalue weighted by Gasteiger charge is 2.19. The largest absolute Gasteiger partial charge is 0.455 e. The molecule has 0 aromatic heterocycles. The van der Waals surface area contributed by atoms with Crippen LogP contribution in [-0.2, 0) is 14.8 Å². The minimum absolute atomic E-state index is 0. The van der Waals surface area contributed by atoms with Crippen molar-refractivity contribution in [2.45, 2.75) is 23.8 Å². The van der Waals surface area contributed by atoms with Gasteiger partial charge in [-0.1, -0.05) is 30.3 Å².